The topological polar surface area (TPSA) is 101 Å². The van der Waals surface area contributed by atoms with Gasteiger partial charge in [0.25, 0.3) is 0 Å². The van der Waals surface area contributed by atoms with E-state index < -0.39 is 11.4 Å². The number of anilines is 1. The largest absolute Gasteiger partial charge is 0.368 e. The molecule has 0 bridgehead atoms. The molecule has 2 N–H and O–H groups in total. The van der Waals surface area contributed by atoms with Crippen molar-refractivity contribution >= 4 is 34.7 Å². The molecule has 3 aromatic rings. The van der Waals surface area contributed by atoms with Crippen LogP contribution in [0.15, 0.2) is 18.3 Å². The Morgan fingerprint density at radius 3 is 2.68 bits per heavy atom. The minimum absolute atomic E-state index is 0.0251. The molecule has 0 saturated heterocycles. The van der Waals surface area contributed by atoms with E-state index >= 15 is 0 Å². The van der Waals surface area contributed by atoms with Gasteiger partial charge in [0.15, 0.2) is 11.0 Å². The van der Waals surface area contributed by atoms with E-state index in [1.54, 1.807) is 0 Å². The summed E-state index contributed by atoms with van der Waals surface area (Å²) in [4.78, 5) is 30.8. The highest BCUT2D eigenvalue weighted by Crippen LogP contribution is 2.28. The molecule has 8 nitrogen and oxygen atoms in total. The first-order valence-corrected chi connectivity index (χ1v) is 8.18. The van der Waals surface area contributed by atoms with Crippen LogP contribution < -0.4 is 10.6 Å². The molecule has 0 amide bonds. The zero-order chi connectivity index (χ0) is 18.4. The predicted molar refractivity (Wildman–Crippen MR) is 94.8 cm³/mol. The molecule has 0 aromatic carbocycles. The molecule has 3 aromatic heterocycles. The summed E-state index contributed by atoms with van der Waals surface area (Å²) >= 11 is 6.15. The van der Waals surface area contributed by atoms with Crippen LogP contribution in [0.4, 0.5) is 5.95 Å². The van der Waals surface area contributed by atoms with Gasteiger partial charge in [0.05, 0.1) is 11.1 Å². The molecule has 0 saturated carbocycles. The zero-order valence-corrected chi connectivity index (χ0v) is 15.2. The summed E-state index contributed by atoms with van der Waals surface area (Å²) in [5.41, 5.74) is 6.33. The fourth-order valence-corrected chi connectivity index (χ4v) is 2.43. The number of carbonyl (C=O) groups excluding carboxylic acids is 1. The van der Waals surface area contributed by atoms with Crippen LogP contribution in [0.3, 0.4) is 0 Å². The summed E-state index contributed by atoms with van der Waals surface area (Å²) in [5.74, 6) is -0.0366. The third-order valence-corrected chi connectivity index (χ3v) is 4.49. The summed E-state index contributed by atoms with van der Waals surface area (Å²) < 4.78 is 3.12. The maximum Gasteiger partial charge on any atom is 0.338 e. The lowest BCUT2D eigenvalue weighted by atomic mass is 9.91. The van der Waals surface area contributed by atoms with Gasteiger partial charge >= 0.3 is 5.97 Å². The fourth-order valence-electron chi connectivity index (χ4n) is 2.21. The molecule has 0 fully saturated rings. The minimum atomic E-state index is -0.662. The van der Waals surface area contributed by atoms with E-state index in [0.29, 0.717) is 17.8 Å². The van der Waals surface area contributed by atoms with E-state index in [1.165, 1.54) is 4.73 Å². The highest BCUT2D eigenvalue weighted by Gasteiger charge is 2.31. The second kappa shape index (κ2) is 6.03. The lowest BCUT2D eigenvalue weighted by Gasteiger charge is -2.20. The third kappa shape index (κ3) is 2.93. The van der Waals surface area contributed by atoms with Gasteiger partial charge in [-0.3, -0.25) is 0 Å². The molecular formula is C16H19ClN6O2. The number of rotatable bonds is 4. The van der Waals surface area contributed by atoms with Gasteiger partial charge in [-0.25, -0.2) is 9.78 Å². The average Bonchev–Trinajstić information content (AvgIpc) is 3.11. The van der Waals surface area contributed by atoms with Gasteiger partial charge in [0, 0.05) is 13.2 Å². The Morgan fingerprint density at radius 1 is 1.36 bits per heavy atom. The van der Waals surface area contributed by atoms with Crippen LogP contribution >= 0.6 is 11.6 Å². The van der Waals surface area contributed by atoms with Crippen LogP contribution in [0.1, 0.15) is 27.2 Å². The van der Waals surface area contributed by atoms with Gasteiger partial charge in [0.2, 0.25) is 11.6 Å². The van der Waals surface area contributed by atoms with E-state index in [4.69, 9.17) is 22.2 Å². The van der Waals surface area contributed by atoms with Gasteiger partial charge in [-0.1, -0.05) is 18.5 Å². The molecule has 0 aliphatic carbocycles. The van der Waals surface area contributed by atoms with Crippen LogP contribution in [0.5, 0.6) is 0 Å². The fraction of sp³-hybridized carbons (Fsp3) is 0.375. The molecule has 0 radical (unpaired) electrons. The first-order valence-electron chi connectivity index (χ1n) is 7.80. The van der Waals surface area contributed by atoms with Crippen molar-refractivity contribution in [3.63, 3.8) is 0 Å². The summed E-state index contributed by atoms with van der Waals surface area (Å²) in [6.07, 6.45) is 2.48. The average molecular weight is 363 g/mol. The number of fused-ring (bicyclic) bond motifs is 1. The van der Waals surface area contributed by atoms with E-state index in [1.807, 2.05) is 50.7 Å². The summed E-state index contributed by atoms with van der Waals surface area (Å²) in [7, 11) is 1.86. The Labute approximate surface area is 149 Å². The molecular weight excluding hydrogens is 344 g/mol. The molecule has 0 spiro atoms. The Hall–Kier alpha value is -2.61. The van der Waals surface area contributed by atoms with E-state index in [-0.39, 0.29) is 16.7 Å². The van der Waals surface area contributed by atoms with Gasteiger partial charge in [-0.15, -0.1) is 4.73 Å². The molecule has 0 atom stereocenters. The van der Waals surface area contributed by atoms with Gasteiger partial charge in [-0.05, 0) is 32.4 Å². The van der Waals surface area contributed by atoms with Gasteiger partial charge in [0.1, 0.15) is 5.52 Å². The van der Waals surface area contributed by atoms with Crippen molar-refractivity contribution in [2.75, 3.05) is 5.73 Å². The van der Waals surface area contributed by atoms with Crippen molar-refractivity contribution in [2.24, 2.45) is 12.5 Å². The number of hydrogen-bond donors (Lipinski definition) is 1. The van der Waals surface area contributed by atoms with E-state index in [9.17, 15) is 4.79 Å². The monoisotopic (exact) mass is 362 g/mol. The van der Waals surface area contributed by atoms with Crippen LogP contribution in [0.2, 0.25) is 5.15 Å². The molecule has 132 valence electrons. The van der Waals surface area contributed by atoms with Crippen molar-refractivity contribution < 1.29 is 9.63 Å². The van der Waals surface area contributed by atoms with E-state index in [2.05, 4.69) is 15.0 Å². The second-order valence-electron chi connectivity index (χ2n) is 6.40. The number of hydrogen-bond acceptors (Lipinski definition) is 6. The Balaban J connectivity index is 2.23. The highest BCUT2D eigenvalue weighted by molar-refractivity contribution is 6.33. The normalized spacial score (nSPS) is 11.9. The highest BCUT2D eigenvalue weighted by atomic mass is 35.5. The predicted octanol–water partition coefficient (Wildman–Crippen LogP) is 2.46. The molecule has 0 unspecified atom stereocenters. The number of nitrogen functional groups attached to an aromatic ring is 1. The Kier molecular flexibility index (Phi) is 4.16. The molecule has 9 heteroatoms. The molecule has 0 aliphatic heterocycles. The lowest BCUT2D eigenvalue weighted by Crippen LogP contribution is -2.33. The maximum absolute atomic E-state index is 12.6. The Morgan fingerprint density at radius 2 is 2.08 bits per heavy atom. The quantitative estimate of drug-likeness (QED) is 0.715. The van der Waals surface area contributed by atoms with Crippen molar-refractivity contribution in [2.45, 2.75) is 27.2 Å². The number of carbonyl (C=O) groups is 1. The zero-order valence-electron chi connectivity index (χ0n) is 14.4. The van der Waals surface area contributed by atoms with Crippen LogP contribution in [-0.4, -0.2) is 30.2 Å². The van der Waals surface area contributed by atoms with Crippen LogP contribution in [0.25, 0.3) is 22.7 Å². The number of halogens is 1. The number of imidazole rings is 1. The van der Waals surface area contributed by atoms with Crippen LogP contribution in [0, 0.1) is 5.41 Å². The second-order valence-corrected chi connectivity index (χ2v) is 6.75. The number of aromatic nitrogens is 5. The molecule has 3 heterocycles. The molecule has 25 heavy (non-hydrogen) atoms. The number of aryl methyl sites for hydroxylation is 1. The van der Waals surface area contributed by atoms with Crippen molar-refractivity contribution in [1.82, 2.24) is 24.2 Å². The summed E-state index contributed by atoms with van der Waals surface area (Å²) in [6, 6.07) is 3.71. The standard InChI is InChI=1S/C16H19ClN6O2/c1-5-16(2,3)14(24)25-23-12(9-7-6-8-22(9)4)19-10-11(17)20-15(18)21-13(10)23/h6-8H,5H2,1-4H3,(H2,18,20,21). The van der Waals surface area contributed by atoms with Crippen LogP contribution in [-0.2, 0) is 11.8 Å². The number of nitrogens with zero attached hydrogens (tertiary/aromatic N) is 5. The SMILES string of the molecule is CCC(C)(C)C(=O)On1c(-c2cccn2C)nc2c(Cl)nc(N)nc21. The lowest BCUT2D eigenvalue weighted by molar-refractivity contribution is -0.153. The Bertz CT molecular complexity index is 959. The first-order chi connectivity index (χ1) is 11.7. The van der Waals surface area contributed by atoms with Gasteiger partial charge in [-0.2, -0.15) is 9.97 Å². The van der Waals surface area contributed by atoms with Crippen molar-refractivity contribution in [3.05, 3.63) is 23.5 Å². The smallest absolute Gasteiger partial charge is 0.338 e. The van der Waals surface area contributed by atoms with Crippen molar-refractivity contribution in [3.8, 4) is 11.5 Å². The first kappa shape index (κ1) is 17.2. The van der Waals surface area contributed by atoms with Crippen molar-refractivity contribution in [1.29, 1.82) is 0 Å². The van der Waals surface area contributed by atoms with Gasteiger partial charge < -0.3 is 15.1 Å². The van der Waals surface area contributed by atoms with E-state index in [0.717, 1.165) is 5.69 Å². The third-order valence-electron chi connectivity index (χ3n) is 4.23. The molecule has 0 aliphatic rings. The minimum Gasteiger partial charge on any atom is -0.368 e. The maximum atomic E-state index is 12.6. The summed E-state index contributed by atoms with van der Waals surface area (Å²) in [6.45, 7) is 5.54. The molecule has 3 rings (SSSR count). The number of nitrogens with two attached hydrogens (primary N) is 1. The summed E-state index contributed by atoms with van der Waals surface area (Å²) in [5, 5.41) is 0.0995.